The van der Waals surface area contributed by atoms with Gasteiger partial charge in [0.15, 0.2) is 0 Å². The number of nitrogen functional groups attached to an aromatic ring is 1. The third kappa shape index (κ3) is 4.45. The van der Waals surface area contributed by atoms with Gasteiger partial charge < -0.3 is 20.5 Å². The van der Waals surface area contributed by atoms with Crippen LogP contribution in [0, 0.1) is 5.92 Å². The van der Waals surface area contributed by atoms with Crippen LogP contribution in [0.5, 0.6) is 5.75 Å². The van der Waals surface area contributed by atoms with Crippen molar-refractivity contribution in [1.82, 2.24) is 0 Å². The zero-order valence-electron chi connectivity index (χ0n) is 10.9. The maximum absolute atomic E-state index is 5.78. The number of benzene rings is 1. The van der Waals surface area contributed by atoms with Gasteiger partial charge in [0.05, 0.1) is 7.11 Å². The molecule has 1 aliphatic rings. The molecule has 1 aromatic rings. The number of hydrogen-bond donors (Lipinski definition) is 2. The van der Waals surface area contributed by atoms with Crippen LogP contribution in [0.2, 0.25) is 0 Å². The average Bonchev–Trinajstić information content (AvgIpc) is 3.17. The van der Waals surface area contributed by atoms with Crippen molar-refractivity contribution in [2.75, 3.05) is 37.9 Å². The van der Waals surface area contributed by atoms with Gasteiger partial charge in [0.1, 0.15) is 5.75 Å². The van der Waals surface area contributed by atoms with Gasteiger partial charge in [-0.05, 0) is 31.2 Å². The molecule has 0 amide bonds. The number of nitrogens with two attached hydrogens (primary N) is 1. The molecular formula is C14H22N2O2. The predicted molar refractivity (Wildman–Crippen MR) is 74.1 cm³/mol. The normalized spacial score (nSPS) is 14.5. The Morgan fingerprint density at radius 1 is 1.33 bits per heavy atom. The highest BCUT2D eigenvalue weighted by Gasteiger charge is 2.20. The minimum absolute atomic E-state index is 0.710. The average molecular weight is 250 g/mol. The van der Waals surface area contributed by atoms with E-state index in [0.29, 0.717) is 5.69 Å². The van der Waals surface area contributed by atoms with Crippen LogP contribution < -0.4 is 15.8 Å². The molecule has 1 aliphatic carbocycles. The summed E-state index contributed by atoms with van der Waals surface area (Å²) in [5, 5.41) is 3.32. The highest BCUT2D eigenvalue weighted by atomic mass is 16.5. The fraction of sp³-hybridized carbons (Fsp3) is 0.571. The molecule has 3 N–H and O–H groups in total. The lowest BCUT2D eigenvalue weighted by molar-refractivity contribution is 0.124. The largest absolute Gasteiger partial charge is 0.497 e. The van der Waals surface area contributed by atoms with Gasteiger partial charge in [-0.2, -0.15) is 0 Å². The third-order valence-corrected chi connectivity index (χ3v) is 3.01. The van der Waals surface area contributed by atoms with Crippen molar-refractivity contribution >= 4 is 11.4 Å². The van der Waals surface area contributed by atoms with Gasteiger partial charge in [0, 0.05) is 43.3 Å². The summed E-state index contributed by atoms with van der Waals surface area (Å²) in [5.41, 5.74) is 7.49. The summed E-state index contributed by atoms with van der Waals surface area (Å²) in [5.74, 6) is 1.62. The molecule has 0 aliphatic heterocycles. The van der Waals surface area contributed by atoms with Crippen molar-refractivity contribution < 1.29 is 9.47 Å². The van der Waals surface area contributed by atoms with Gasteiger partial charge in [0.25, 0.3) is 0 Å². The Labute approximate surface area is 108 Å². The van der Waals surface area contributed by atoms with Crippen molar-refractivity contribution in [3.8, 4) is 5.75 Å². The van der Waals surface area contributed by atoms with E-state index < -0.39 is 0 Å². The van der Waals surface area contributed by atoms with Crippen molar-refractivity contribution in [3.63, 3.8) is 0 Å². The van der Waals surface area contributed by atoms with E-state index in [1.807, 2.05) is 18.2 Å². The molecular weight excluding hydrogens is 228 g/mol. The Morgan fingerprint density at radius 3 is 2.89 bits per heavy atom. The molecule has 100 valence electrons. The van der Waals surface area contributed by atoms with Gasteiger partial charge in [0.2, 0.25) is 0 Å². The first-order valence-electron chi connectivity index (χ1n) is 6.54. The van der Waals surface area contributed by atoms with Crippen LogP contribution in [0.4, 0.5) is 11.4 Å². The fourth-order valence-corrected chi connectivity index (χ4v) is 1.78. The topological polar surface area (TPSA) is 56.5 Å². The van der Waals surface area contributed by atoms with E-state index in [9.17, 15) is 0 Å². The lowest BCUT2D eigenvalue weighted by Gasteiger charge is -2.09. The second kappa shape index (κ2) is 6.50. The number of hydrogen-bond acceptors (Lipinski definition) is 4. The molecule has 0 bridgehead atoms. The van der Waals surface area contributed by atoms with Crippen LogP contribution in [-0.2, 0) is 4.74 Å². The zero-order chi connectivity index (χ0) is 12.8. The van der Waals surface area contributed by atoms with Crippen LogP contribution in [0.15, 0.2) is 18.2 Å². The summed E-state index contributed by atoms with van der Waals surface area (Å²) in [7, 11) is 1.64. The van der Waals surface area contributed by atoms with Crippen LogP contribution in [0.1, 0.15) is 19.3 Å². The van der Waals surface area contributed by atoms with E-state index in [2.05, 4.69) is 5.32 Å². The SMILES string of the molecule is COc1cc(N)cc(NCCCOCC2CC2)c1. The molecule has 0 spiro atoms. The molecule has 0 unspecified atom stereocenters. The Kier molecular flexibility index (Phi) is 4.70. The van der Waals surface area contributed by atoms with Crippen LogP contribution in [0.3, 0.4) is 0 Å². The van der Waals surface area contributed by atoms with Gasteiger partial charge in [-0.15, -0.1) is 0 Å². The summed E-state index contributed by atoms with van der Waals surface area (Å²) in [6.45, 7) is 2.65. The summed E-state index contributed by atoms with van der Waals surface area (Å²) < 4.78 is 10.7. The van der Waals surface area contributed by atoms with E-state index in [1.165, 1.54) is 12.8 Å². The summed E-state index contributed by atoms with van der Waals surface area (Å²) in [6.07, 6.45) is 3.70. The van der Waals surface area contributed by atoms with E-state index in [4.69, 9.17) is 15.2 Å². The summed E-state index contributed by atoms with van der Waals surface area (Å²) in [6, 6.07) is 5.67. The standard InChI is InChI=1S/C14H22N2O2/c1-17-14-8-12(15)7-13(9-14)16-5-2-6-18-10-11-3-4-11/h7-9,11,16H,2-6,10,15H2,1H3. The molecule has 2 rings (SSSR count). The van der Waals surface area contributed by atoms with Crippen molar-refractivity contribution in [2.24, 2.45) is 5.92 Å². The van der Waals surface area contributed by atoms with Gasteiger partial charge in [-0.25, -0.2) is 0 Å². The Bertz CT molecular complexity index is 378. The first-order valence-corrected chi connectivity index (χ1v) is 6.54. The highest BCUT2D eigenvalue weighted by Crippen LogP contribution is 2.28. The molecule has 0 radical (unpaired) electrons. The van der Waals surface area contributed by atoms with Gasteiger partial charge in [-0.3, -0.25) is 0 Å². The van der Waals surface area contributed by atoms with E-state index in [1.54, 1.807) is 7.11 Å². The van der Waals surface area contributed by atoms with Crippen molar-refractivity contribution in [2.45, 2.75) is 19.3 Å². The minimum Gasteiger partial charge on any atom is -0.497 e. The number of nitrogens with one attached hydrogen (secondary N) is 1. The first-order chi connectivity index (χ1) is 8.78. The van der Waals surface area contributed by atoms with Crippen molar-refractivity contribution in [3.05, 3.63) is 18.2 Å². The Morgan fingerprint density at radius 2 is 2.17 bits per heavy atom. The molecule has 0 atom stereocenters. The van der Waals surface area contributed by atoms with Crippen LogP contribution in [0.25, 0.3) is 0 Å². The molecule has 1 saturated carbocycles. The number of rotatable bonds is 8. The van der Waals surface area contributed by atoms with Crippen molar-refractivity contribution in [1.29, 1.82) is 0 Å². The highest BCUT2D eigenvalue weighted by molar-refractivity contribution is 5.59. The van der Waals surface area contributed by atoms with E-state index in [-0.39, 0.29) is 0 Å². The van der Waals surface area contributed by atoms with Crippen LogP contribution >= 0.6 is 0 Å². The van der Waals surface area contributed by atoms with Crippen LogP contribution in [-0.4, -0.2) is 26.9 Å². The Balaban J connectivity index is 1.63. The third-order valence-electron chi connectivity index (χ3n) is 3.01. The number of ether oxygens (including phenoxy) is 2. The summed E-state index contributed by atoms with van der Waals surface area (Å²) in [4.78, 5) is 0. The molecule has 1 aromatic carbocycles. The second-order valence-electron chi connectivity index (χ2n) is 4.79. The lowest BCUT2D eigenvalue weighted by Crippen LogP contribution is -2.07. The molecule has 4 nitrogen and oxygen atoms in total. The lowest BCUT2D eigenvalue weighted by atomic mass is 10.2. The van der Waals surface area contributed by atoms with E-state index in [0.717, 1.165) is 43.5 Å². The molecule has 0 aromatic heterocycles. The summed E-state index contributed by atoms with van der Waals surface area (Å²) >= 11 is 0. The number of methoxy groups -OCH3 is 1. The quantitative estimate of drug-likeness (QED) is 0.550. The molecule has 0 heterocycles. The molecule has 0 saturated heterocycles. The minimum atomic E-state index is 0.710. The molecule has 1 fully saturated rings. The van der Waals surface area contributed by atoms with Gasteiger partial charge >= 0.3 is 0 Å². The second-order valence-corrected chi connectivity index (χ2v) is 4.79. The monoisotopic (exact) mass is 250 g/mol. The first kappa shape index (κ1) is 13.0. The smallest absolute Gasteiger partial charge is 0.122 e. The molecule has 18 heavy (non-hydrogen) atoms. The molecule has 4 heteroatoms. The zero-order valence-corrected chi connectivity index (χ0v) is 10.9. The maximum atomic E-state index is 5.78. The number of anilines is 2. The van der Waals surface area contributed by atoms with Gasteiger partial charge in [-0.1, -0.05) is 0 Å². The predicted octanol–water partition coefficient (Wildman–Crippen LogP) is 2.51. The fourth-order valence-electron chi connectivity index (χ4n) is 1.78. The maximum Gasteiger partial charge on any atom is 0.122 e. The van der Waals surface area contributed by atoms with E-state index >= 15 is 0 Å². The Hall–Kier alpha value is -1.42.